The summed E-state index contributed by atoms with van der Waals surface area (Å²) in [6, 6.07) is 5.10. The van der Waals surface area contributed by atoms with Crippen LogP contribution in [0.1, 0.15) is 60.8 Å². The van der Waals surface area contributed by atoms with Crippen LogP contribution in [0.3, 0.4) is 0 Å². The van der Waals surface area contributed by atoms with E-state index in [0.717, 1.165) is 37.2 Å². The highest BCUT2D eigenvalue weighted by Crippen LogP contribution is 2.32. The van der Waals surface area contributed by atoms with Crippen molar-refractivity contribution in [2.45, 2.75) is 64.4 Å². The van der Waals surface area contributed by atoms with E-state index < -0.39 is 23.8 Å². The molecule has 2 fully saturated rings. The van der Waals surface area contributed by atoms with Crippen LogP contribution in [-0.2, 0) is 31.7 Å². The summed E-state index contributed by atoms with van der Waals surface area (Å²) in [5.41, 5.74) is 0.823. The van der Waals surface area contributed by atoms with Crippen molar-refractivity contribution >= 4 is 5.91 Å². The van der Waals surface area contributed by atoms with Crippen molar-refractivity contribution in [2.75, 3.05) is 13.1 Å². The van der Waals surface area contributed by atoms with E-state index in [2.05, 4.69) is 25.8 Å². The first-order valence-corrected chi connectivity index (χ1v) is 11.3. The molecule has 1 amide bonds. The molecule has 9 heteroatoms. The Morgan fingerprint density at radius 3 is 2.36 bits per heavy atom. The SMILES string of the molecule is Cn1c(C(C)(C)C)cc(=NC(=O)c2cc(C(F)(F)F)ccc2CN2CC(O)C2)n1CC1CC1. The Kier molecular flexibility index (Phi) is 6.07. The second-order valence-corrected chi connectivity index (χ2v) is 10.3. The van der Waals surface area contributed by atoms with Gasteiger partial charge in [-0.2, -0.15) is 18.2 Å². The molecule has 1 N–H and O–H groups in total. The Morgan fingerprint density at radius 2 is 1.82 bits per heavy atom. The molecule has 1 aromatic heterocycles. The van der Waals surface area contributed by atoms with Crippen LogP contribution >= 0.6 is 0 Å². The Bertz CT molecular complexity index is 1110. The van der Waals surface area contributed by atoms with Gasteiger partial charge < -0.3 is 5.11 Å². The Hall–Kier alpha value is -2.39. The molecule has 180 valence electrons. The van der Waals surface area contributed by atoms with Crippen LogP contribution in [0.4, 0.5) is 13.2 Å². The van der Waals surface area contributed by atoms with Gasteiger partial charge in [0, 0.05) is 56.0 Å². The van der Waals surface area contributed by atoms with Crippen molar-refractivity contribution in [3.8, 4) is 0 Å². The molecule has 0 spiro atoms. The molecule has 2 heterocycles. The highest BCUT2D eigenvalue weighted by atomic mass is 19.4. The highest BCUT2D eigenvalue weighted by Gasteiger charge is 2.33. The van der Waals surface area contributed by atoms with Crippen molar-refractivity contribution in [3.63, 3.8) is 0 Å². The third kappa shape index (κ3) is 5.24. The molecule has 1 saturated heterocycles. The van der Waals surface area contributed by atoms with Crippen LogP contribution in [0, 0.1) is 5.92 Å². The van der Waals surface area contributed by atoms with Gasteiger partial charge in [0.25, 0.3) is 5.91 Å². The number of hydrogen-bond donors (Lipinski definition) is 1. The average Bonchev–Trinajstić information content (AvgIpc) is 3.44. The van der Waals surface area contributed by atoms with Crippen LogP contribution in [0.15, 0.2) is 29.3 Å². The fraction of sp³-hybridized carbons (Fsp3) is 0.583. The van der Waals surface area contributed by atoms with E-state index in [1.165, 1.54) is 6.07 Å². The lowest BCUT2D eigenvalue weighted by molar-refractivity contribution is -0.137. The Balaban J connectivity index is 1.76. The van der Waals surface area contributed by atoms with Crippen LogP contribution in [0.2, 0.25) is 0 Å². The summed E-state index contributed by atoms with van der Waals surface area (Å²) < 4.78 is 44.1. The van der Waals surface area contributed by atoms with Crippen LogP contribution in [0.5, 0.6) is 0 Å². The smallest absolute Gasteiger partial charge is 0.390 e. The lowest BCUT2D eigenvalue weighted by Gasteiger charge is -2.36. The molecule has 1 aromatic carbocycles. The van der Waals surface area contributed by atoms with E-state index in [-0.39, 0.29) is 17.5 Å². The molecule has 2 aromatic rings. The third-order valence-electron chi connectivity index (χ3n) is 6.35. The molecule has 0 bridgehead atoms. The first kappa shape index (κ1) is 23.8. The predicted octanol–water partition coefficient (Wildman–Crippen LogP) is 3.47. The molecule has 6 nitrogen and oxygen atoms in total. The number of amides is 1. The number of aliphatic hydroxyl groups excluding tert-OH is 1. The van der Waals surface area contributed by atoms with Gasteiger partial charge in [-0.15, -0.1) is 0 Å². The number of halogens is 3. The summed E-state index contributed by atoms with van der Waals surface area (Å²) >= 11 is 0. The van der Waals surface area contributed by atoms with Crippen molar-refractivity contribution < 1.29 is 23.1 Å². The summed E-state index contributed by atoms with van der Waals surface area (Å²) in [5.74, 6) is -0.157. The quantitative estimate of drug-likeness (QED) is 0.737. The third-order valence-corrected chi connectivity index (χ3v) is 6.35. The minimum absolute atomic E-state index is 0.0506. The largest absolute Gasteiger partial charge is 0.416 e. The van der Waals surface area contributed by atoms with Crippen molar-refractivity contribution in [1.82, 2.24) is 14.3 Å². The number of aliphatic hydroxyl groups is 1. The number of carbonyl (C=O) groups is 1. The zero-order valence-electron chi connectivity index (χ0n) is 19.5. The number of aromatic nitrogens is 2. The number of likely N-dealkylation sites (tertiary alicyclic amines) is 1. The molecule has 1 aliphatic carbocycles. The number of hydrogen-bond acceptors (Lipinski definition) is 3. The summed E-state index contributed by atoms with van der Waals surface area (Å²) in [5, 5.41) is 9.54. The summed E-state index contributed by atoms with van der Waals surface area (Å²) in [6.07, 6.45) is -2.76. The lowest BCUT2D eigenvalue weighted by Crippen LogP contribution is -2.50. The minimum atomic E-state index is -4.56. The number of alkyl halides is 3. The van der Waals surface area contributed by atoms with Gasteiger partial charge >= 0.3 is 6.18 Å². The van der Waals surface area contributed by atoms with Gasteiger partial charge in [0.15, 0.2) is 5.49 Å². The zero-order chi connectivity index (χ0) is 24.1. The molecule has 0 radical (unpaired) electrons. The maximum atomic E-state index is 13.4. The summed E-state index contributed by atoms with van der Waals surface area (Å²) in [7, 11) is 1.93. The molecule has 0 unspecified atom stereocenters. The first-order chi connectivity index (χ1) is 15.3. The van der Waals surface area contributed by atoms with Gasteiger partial charge in [-0.1, -0.05) is 26.8 Å². The number of benzene rings is 1. The molecular weight excluding hydrogens is 433 g/mol. The summed E-state index contributed by atoms with van der Waals surface area (Å²) in [6.45, 7) is 8.09. The monoisotopic (exact) mass is 464 g/mol. The number of β-amino-alcohol motifs (C(OH)–C–C–N with tert-alkyl or cyclic N) is 1. The van der Waals surface area contributed by atoms with Crippen molar-refractivity contribution in [3.05, 3.63) is 52.1 Å². The van der Waals surface area contributed by atoms with Gasteiger partial charge in [0.2, 0.25) is 0 Å². The predicted molar refractivity (Wildman–Crippen MR) is 117 cm³/mol. The van der Waals surface area contributed by atoms with E-state index in [4.69, 9.17) is 0 Å². The number of carbonyl (C=O) groups excluding carboxylic acids is 1. The van der Waals surface area contributed by atoms with Crippen molar-refractivity contribution in [1.29, 1.82) is 0 Å². The maximum absolute atomic E-state index is 13.4. The maximum Gasteiger partial charge on any atom is 0.416 e. The van der Waals surface area contributed by atoms with Gasteiger partial charge in [0.05, 0.1) is 11.7 Å². The topological polar surface area (TPSA) is 62.8 Å². The van der Waals surface area contributed by atoms with E-state index in [1.54, 1.807) is 0 Å². The standard InChI is InChI=1S/C24H31F3N4O2/c1-23(2,3)20-10-21(31(29(20)4)11-15-5-6-15)28-22(33)19-9-17(24(25,26)27)8-7-16(19)12-30-13-18(32)14-30/h7-10,15,18,32H,5-6,11-14H2,1-4H3. The summed E-state index contributed by atoms with van der Waals surface area (Å²) in [4.78, 5) is 19.5. The molecule has 4 rings (SSSR count). The Labute approximate surface area is 191 Å². The number of rotatable bonds is 5. The second-order valence-electron chi connectivity index (χ2n) is 10.3. The van der Waals surface area contributed by atoms with Gasteiger partial charge in [-0.25, -0.2) is 0 Å². The molecule has 2 aliphatic rings. The van der Waals surface area contributed by atoms with Crippen LogP contribution in [0.25, 0.3) is 0 Å². The minimum Gasteiger partial charge on any atom is -0.390 e. The van der Waals surface area contributed by atoms with E-state index in [9.17, 15) is 23.1 Å². The van der Waals surface area contributed by atoms with Crippen molar-refractivity contribution in [2.24, 2.45) is 18.0 Å². The van der Waals surface area contributed by atoms with Gasteiger partial charge in [-0.05, 0) is 36.5 Å². The second kappa shape index (κ2) is 8.43. The fourth-order valence-electron chi connectivity index (χ4n) is 4.29. The normalized spacial score (nSPS) is 18.6. The van der Waals surface area contributed by atoms with Crippen LogP contribution < -0.4 is 5.49 Å². The molecule has 0 atom stereocenters. The van der Waals surface area contributed by atoms with E-state index in [1.807, 2.05) is 27.4 Å². The Morgan fingerprint density at radius 1 is 1.15 bits per heavy atom. The molecular formula is C24H31F3N4O2. The number of nitrogens with zero attached hydrogens (tertiary/aromatic N) is 4. The zero-order valence-corrected chi connectivity index (χ0v) is 19.5. The highest BCUT2D eigenvalue weighted by molar-refractivity contribution is 5.96. The molecule has 1 aliphatic heterocycles. The molecule has 33 heavy (non-hydrogen) atoms. The van der Waals surface area contributed by atoms with Crippen LogP contribution in [-0.4, -0.2) is 44.5 Å². The average molecular weight is 465 g/mol. The lowest BCUT2D eigenvalue weighted by atomic mass is 9.92. The fourth-order valence-corrected chi connectivity index (χ4v) is 4.29. The van der Waals surface area contributed by atoms with E-state index >= 15 is 0 Å². The first-order valence-electron chi connectivity index (χ1n) is 11.3. The van der Waals surface area contributed by atoms with E-state index in [0.29, 0.717) is 30.1 Å². The van der Waals surface area contributed by atoms with Gasteiger partial charge in [0.1, 0.15) is 0 Å². The molecule has 1 saturated carbocycles. The van der Waals surface area contributed by atoms with Gasteiger partial charge in [-0.3, -0.25) is 19.1 Å².